The fraction of sp³-hybridized carbons (Fsp3) is 0.211. The van der Waals surface area contributed by atoms with Crippen LogP contribution in [0.3, 0.4) is 0 Å². The lowest BCUT2D eigenvalue weighted by atomic mass is 9.86. The van der Waals surface area contributed by atoms with Crippen LogP contribution in [0.15, 0.2) is 54.4 Å². The maximum atomic E-state index is 14.3. The van der Waals surface area contributed by atoms with Crippen LogP contribution in [0, 0.1) is 0 Å². The average Bonchev–Trinajstić information content (AvgIpc) is 2.71. The van der Waals surface area contributed by atoms with Crippen LogP contribution < -0.4 is 0 Å². The molecule has 0 atom stereocenters. The van der Waals surface area contributed by atoms with Gasteiger partial charge in [0, 0.05) is 11.1 Å². The Labute approximate surface area is 124 Å². The highest BCUT2D eigenvalue weighted by Crippen LogP contribution is 2.38. The van der Waals surface area contributed by atoms with Gasteiger partial charge in [-0.2, -0.15) is 0 Å². The number of hydrogen-bond donors (Lipinski definition) is 0. The number of halogens is 1. The molecule has 0 aromatic heterocycles. The summed E-state index contributed by atoms with van der Waals surface area (Å²) >= 11 is 0. The zero-order chi connectivity index (χ0) is 15.2. The summed E-state index contributed by atoms with van der Waals surface area (Å²) in [6.07, 6.45) is 0. The van der Waals surface area contributed by atoms with Gasteiger partial charge in [0.1, 0.15) is 0 Å². The van der Waals surface area contributed by atoms with Crippen molar-refractivity contribution in [1.29, 1.82) is 0 Å². The second-order valence-corrected chi connectivity index (χ2v) is 6.39. The maximum Gasteiger partial charge on any atom is 0.222 e. The molecule has 1 nitrogen and oxygen atoms in total. The Balaban J connectivity index is 2.11. The van der Waals surface area contributed by atoms with Crippen LogP contribution in [0.25, 0.3) is 5.57 Å². The molecule has 106 valence electrons. The van der Waals surface area contributed by atoms with Gasteiger partial charge in [0.2, 0.25) is 5.78 Å². The van der Waals surface area contributed by atoms with Crippen LogP contribution in [0.2, 0.25) is 0 Å². The molecule has 1 aliphatic carbocycles. The van der Waals surface area contributed by atoms with Crippen molar-refractivity contribution < 1.29 is 9.18 Å². The summed E-state index contributed by atoms with van der Waals surface area (Å²) in [4.78, 5) is 12.0. The summed E-state index contributed by atoms with van der Waals surface area (Å²) in [6, 6.07) is 14.8. The Bertz CT molecular complexity index is 746. The van der Waals surface area contributed by atoms with E-state index in [1.165, 1.54) is 5.56 Å². The van der Waals surface area contributed by atoms with E-state index in [2.05, 4.69) is 20.8 Å². The lowest BCUT2D eigenvalue weighted by Crippen LogP contribution is -2.10. The van der Waals surface area contributed by atoms with E-state index in [-0.39, 0.29) is 5.41 Å². The Morgan fingerprint density at radius 2 is 1.43 bits per heavy atom. The molecule has 0 heterocycles. The van der Waals surface area contributed by atoms with E-state index in [0.29, 0.717) is 16.7 Å². The number of ketones is 1. The first-order valence-electron chi connectivity index (χ1n) is 7.04. The molecular formula is C19H17FO. The lowest BCUT2D eigenvalue weighted by molar-refractivity contribution is 0.101. The van der Waals surface area contributed by atoms with Crippen LogP contribution >= 0.6 is 0 Å². The summed E-state index contributed by atoms with van der Waals surface area (Å²) in [7, 11) is 0. The Morgan fingerprint density at radius 1 is 0.857 bits per heavy atom. The van der Waals surface area contributed by atoms with Crippen LogP contribution in [0.1, 0.15) is 47.8 Å². The molecule has 2 heteroatoms. The van der Waals surface area contributed by atoms with Crippen LogP contribution in [-0.2, 0) is 5.41 Å². The van der Waals surface area contributed by atoms with Gasteiger partial charge in [-0.05, 0) is 22.1 Å². The predicted octanol–water partition coefficient (Wildman–Crippen LogP) is 4.91. The average molecular weight is 280 g/mol. The molecule has 0 bridgehead atoms. The summed E-state index contributed by atoms with van der Waals surface area (Å²) < 4.78 is 14.3. The molecule has 3 rings (SSSR count). The van der Waals surface area contributed by atoms with E-state index in [1.54, 1.807) is 18.2 Å². The minimum absolute atomic E-state index is 0.0505. The topological polar surface area (TPSA) is 17.1 Å². The monoisotopic (exact) mass is 280 g/mol. The standard InChI is InChI=1S/C19H17FO/c1-19(2,3)13-10-8-12(9-11-13)16-14-6-4-5-7-15(14)18(21)17(16)20/h4-11H,1-3H3. The van der Waals surface area contributed by atoms with Crippen molar-refractivity contribution >= 4 is 11.4 Å². The summed E-state index contributed by atoms with van der Waals surface area (Å²) in [5.41, 5.74) is 3.53. The lowest BCUT2D eigenvalue weighted by Gasteiger charge is -2.19. The normalized spacial score (nSPS) is 14.6. The molecule has 0 N–H and O–H groups in total. The predicted molar refractivity (Wildman–Crippen MR) is 83.0 cm³/mol. The third-order valence-electron chi connectivity index (χ3n) is 3.90. The van der Waals surface area contributed by atoms with Crippen molar-refractivity contribution in [3.05, 3.63) is 76.6 Å². The fourth-order valence-corrected chi connectivity index (χ4v) is 2.67. The molecule has 0 saturated carbocycles. The number of fused-ring (bicyclic) bond motifs is 1. The first kappa shape index (κ1) is 13.7. The van der Waals surface area contributed by atoms with Gasteiger partial charge in [0.25, 0.3) is 0 Å². The van der Waals surface area contributed by atoms with E-state index >= 15 is 0 Å². The first-order valence-corrected chi connectivity index (χ1v) is 7.04. The van der Waals surface area contributed by atoms with Crippen LogP contribution in [0.4, 0.5) is 4.39 Å². The highest BCUT2D eigenvalue weighted by Gasteiger charge is 2.30. The summed E-state index contributed by atoms with van der Waals surface area (Å²) in [5, 5.41) is 0. The molecule has 0 amide bonds. The third kappa shape index (κ3) is 2.21. The van der Waals surface area contributed by atoms with E-state index < -0.39 is 11.6 Å². The molecule has 0 unspecified atom stereocenters. The molecular weight excluding hydrogens is 263 g/mol. The maximum absolute atomic E-state index is 14.3. The van der Waals surface area contributed by atoms with E-state index in [4.69, 9.17) is 0 Å². The number of carbonyl (C=O) groups excluding carboxylic acids is 1. The van der Waals surface area contributed by atoms with Crippen LogP contribution in [0.5, 0.6) is 0 Å². The van der Waals surface area contributed by atoms with Crippen molar-refractivity contribution in [3.8, 4) is 0 Å². The Hall–Kier alpha value is -2.22. The second kappa shape index (κ2) is 4.66. The third-order valence-corrected chi connectivity index (χ3v) is 3.90. The molecule has 0 radical (unpaired) electrons. The van der Waals surface area contributed by atoms with Gasteiger partial charge in [-0.15, -0.1) is 0 Å². The molecule has 0 saturated heterocycles. The number of allylic oxidation sites excluding steroid dienone is 1. The van der Waals surface area contributed by atoms with Gasteiger partial charge < -0.3 is 0 Å². The van der Waals surface area contributed by atoms with Crippen molar-refractivity contribution in [2.45, 2.75) is 26.2 Å². The molecule has 0 fully saturated rings. The number of carbonyl (C=O) groups is 1. The van der Waals surface area contributed by atoms with E-state index in [0.717, 1.165) is 5.56 Å². The highest BCUT2D eigenvalue weighted by atomic mass is 19.1. The zero-order valence-electron chi connectivity index (χ0n) is 12.4. The van der Waals surface area contributed by atoms with Crippen molar-refractivity contribution in [2.24, 2.45) is 0 Å². The van der Waals surface area contributed by atoms with Gasteiger partial charge in [-0.3, -0.25) is 4.79 Å². The summed E-state index contributed by atoms with van der Waals surface area (Å²) in [6.45, 7) is 6.41. The van der Waals surface area contributed by atoms with Crippen LogP contribution in [-0.4, -0.2) is 5.78 Å². The highest BCUT2D eigenvalue weighted by molar-refractivity contribution is 6.21. The number of hydrogen-bond acceptors (Lipinski definition) is 1. The first-order chi connectivity index (χ1) is 9.89. The number of rotatable bonds is 1. The Kier molecular flexibility index (Phi) is 3.05. The molecule has 2 aromatic carbocycles. The van der Waals surface area contributed by atoms with Gasteiger partial charge in [0.15, 0.2) is 5.83 Å². The van der Waals surface area contributed by atoms with E-state index in [1.807, 2.05) is 30.3 Å². The second-order valence-electron chi connectivity index (χ2n) is 6.39. The summed E-state index contributed by atoms with van der Waals surface area (Å²) in [5.74, 6) is -1.17. The minimum Gasteiger partial charge on any atom is -0.286 e. The largest absolute Gasteiger partial charge is 0.286 e. The van der Waals surface area contributed by atoms with Crippen molar-refractivity contribution in [3.63, 3.8) is 0 Å². The van der Waals surface area contributed by atoms with Crippen molar-refractivity contribution in [1.82, 2.24) is 0 Å². The minimum atomic E-state index is -0.653. The molecule has 21 heavy (non-hydrogen) atoms. The Morgan fingerprint density at radius 3 is 2.00 bits per heavy atom. The quantitative estimate of drug-likeness (QED) is 0.725. The zero-order valence-corrected chi connectivity index (χ0v) is 12.4. The number of Topliss-reactive ketones (excluding diaryl/α,β-unsaturated/α-hetero) is 1. The van der Waals surface area contributed by atoms with E-state index in [9.17, 15) is 9.18 Å². The number of benzene rings is 2. The molecule has 1 aliphatic rings. The molecule has 0 spiro atoms. The molecule has 0 aliphatic heterocycles. The van der Waals surface area contributed by atoms with Gasteiger partial charge in [-0.1, -0.05) is 69.3 Å². The molecule has 2 aromatic rings. The fourth-order valence-electron chi connectivity index (χ4n) is 2.67. The van der Waals surface area contributed by atoms with Crippen molar-refractivity contribution in [2.75, 3.05) is 0 Å². The smallest absolute Gasteiger partial charge is 0.222 e. The van der Waals surface area contributed by atoms with Gasteiger partial charge >= 0.3 is 0 Å². The van der Waals surface area contributed by atoms with Gasteiger partial charge in [0.05, 0.1) is 0 Å². The van der Waals surface area contributed by atoms with Gasteiger partial charge in [-0.25, -0.2) is 4.39 Å². The SMILES string of the molecule is CC(C)(C)c1ccc(C2=C(F)C(=O)c3ccccc32)cc1.